The van der Waals surface area contributed by atoms with Crippen molar-refractivity contribution < 1.29 is 18.7 Å². The number of hydrogen-bond acceptors (Lipinski definition) is 4. The number of benzene rings is 1. The summed E-state index contributed by atoms with van der Waals surface area (Å²) < 4.78 is 19.8. The summed E-state index contributed by atoms with van der Waals surface area (Å²) in [6.07, 6.45) is 0.201. The van der Waals surface area contributed by atoms with Gasteiger partial charge in [0.05, 0.1) is 23.7 Å². The number of amides is 3. The lowest BCUT2D eigenvalue weighted by Crippen LogP contribution is -2.73. The van der Waals surface area contributed by atoms with Gasteiger partial charge in [-0.2, -0.15) is 0 Å². The Bertz CT molecular complexity index is 726. The van der Waals surface area contributed by atoms with Crippen LogP contribution < -0.4 is 15.5 Å². The molecule has 0 radical (unpaired) electrons. The van der Waals surface area contributed by atoms with Crippen LogP contribution in [0.1, 0.15) is 26.8 Å². The van der Waals surface area contributed by atoms with Crippen molar-refractivity contribution in [2.24, 2.45) is 5.41 Å². The van der Waals surface area contributed by atoms with Gasteiger partial charge in [0, 0.05) is 18.8 Å². The maximum atomic E-state index is 13.8. The highest BCUT2D eigenvalue weighted by molar-refractivity contribution is 6.01. The number of hydrogen-bond donors (Lipinski definition) is 2. The van der Waals surface area contributed by atoms with Crippen LogP contribution in [0.5, 0.6) is 0 Å². The van der Waals surface area contributed by atoms with E-state index in [1.54, 1.807) is 6.07 Å². The molecule has 6 nitrogen and oxygen atoms in total. The Morgan fingerprint density at radius 1 is 1.32 bits per heavy atom. The zero-order valence-corrected chi connectivity index (χ0v) is 13.6. The number of morpholine rings is 1. The van der Waals surface area contributed by atoms with E-state index in [4.69, 9.17) is 4.74 Å². The van der Waals surface area contributed by atoms with Gasteiger partial charge in [0.1, 0.15) is 5.82 Å². The Labute approximate surface area is 146 Å². The smallest absolute Gasteiger partial charge is 0.321 e. The first-order chi connectivity index (χ1) is 11.4. The number of carbonyl (C=O) groups is 2. The van der Waals surface area contributed by atoms with Crippen molar-refractivity contribution in [2.75, 3.05) is 18.0 Å². The summed E-state index contributed by atoms with van der Waals surface area (Å²) >= 11 is 0. The van der Waals surface area contributed by atoms with Gasteiger partial charge < -0.3 is 15.0 Å². The molecule has 2 fully saturated rings. The maximum absolute atomic E-state index is 13.8. The van der Waals surface area contributed by atoms with E-state index in [2.05, 4.69) is 15.5 Å². The molecular formula is C18H24FN3O3. The fourth-order valence-electron chi connectivity index (χ4n) is 4.49. The number of urea groups is 1. The molecule has 0 bridgehead atoms. The molecule has 0 aliphatic carbocycles. The zero-order valence-electron chi connectivity index (χ0n) is 13.6. The van der Waals surface area contributed by atoms with Crippen LogP contribution in [-0.4, -0.2) is 43.3 Å². The molecule has 7 heteroatoms. The van der Waals surface area contributed by atoms with Crippen molar-refractivity contribution in [1.82, 2.24) is 10.6 Å². The number of halogens is 1. The van der Waals surface area contributed by atoms with Crippen molar-refractivity contribution in [3.8, 4) is 0 Å². The van der Waals surface area contributed by atoms with E-state index in [-0.39, 0.29) is 43.9 Å². The number of anilines is 1. The molecule has 4 atom stereocenters. The summed E-state index contributed by atoms with van der Waals surface area (Å²) in [6.45, 7) is 4.73. The van der Waals surface area contributed by atoms with Crippen LogP contribution in [0.2, 0.25) is 0 Å². The van der Waals surface area contributed by atoms with Crippen LogP contribution in [0.3, 0.4) is 0 Å². The van der Waals surface area contributed by atoms with Gasteiger partial charge in [-0.3, -0.25) is 10.1 Å². The minimum Gasteiger partial charge on any atom is -0.372 e. The predicted octanol–water partition coefficient (Wildman–Crippen LogP) is 1.83. The Balaban J connectivity index is 0.00000182. The summed E-state index contributed by atoms with van der Waals surface area (Å²) in [5, 5.41) is 5.15. The lowest BCUT2D eigenvalue weighted by Gasteiger charge is -2.56. The summed E-state index contributed by atoms with van der Waals surface area (Å²) in [5.74, 6) is -0.585. The zero-order chi connectivity index (χ0) is 17.1. The molecule has 0 saturated carbocycles. The molecule has 1 aromatic rings. The fourth-order valence-corrected chi connectivity index (χ4v) is 4.49. The van der Waals surface area contributed by atoms with E-state index >= 15 is 0 Å². The molecule has 3 heterocycles. The Kier molecular flexibility index (Phi) is 4.23. The maximum Gasteiger partial charge on any atom is 0.321 e. The summed E-state index contributed by atoms with van der Waals surface area (Å²) in [7, 11) is 0. The average molecular weight is 349 g/mol. The topological polar surface area (TPSA) is 70.7 Å². The first-order valence-corrected chi connectivity index (χ1v) is 8.20. The van der Waals surface area contributed by atoms with Gasteiger partial charge in [-0.25, -0.2) is 9.18 Å². The monoisotopic (exact) mass is 349 g/mol. The average Bonchev–Trinajstić information content (AvgIpc) is 2.51. The Hall–Kier alpha value is -2.15. The fraction of sp³-hybridized carbons (Fsp3) is 0.556. The van der Waals surface area contributed by atoms with E-state index in [0.29, 0.717) is 13.0 Å². The quantitative estimate of drug-likeness (QED) is 0.750. The molecule has 1 aromatic carbocycles. The molecule has 3 aliphatic heterocycles. The third-order valence-corrected chi connectivity index (χ3v) is 5.35. The highest BCUT2D eigenvalue weighted by Crippen LogP contribution is 2.46. The van der Waals surface area contributed by atoms with Crippen molar-refractivity contribution in [1.29, 1.82) is 0 Å². The van der Waals surface area contributed by atoms with E-state index < -0.39 is 11.4 Å². The summed E-state index contributed by atoms with van der Waals surface area (Å²) in [4.78, 5) is 26.4. The van der Waals surface area contributed by atoms with Crippen molar-refractivity contribution in [3.63, 3.8) is 0 Å². The number of ether oxygens (including phenoxy) is 1. The molecule has 136 valence electrons. The van der Waals surface area contributed by atoms with Gasteiger partial charge in [0.2, 0.25) is 5.91 Å². The molecule has 25 heavy (non-hydrogen) atoms. The van der Waals surface area contributed by atoms with E-state index in [1.165, 1.54) is 12.1 Å². The molecule has 1 spiro atoms. The van der Waals surface area contributed by atoms with E-state index in [0.717, 1.165) is 11.3 Å². The highest BCUT2D eigenvalue weighted by Gasteiger charge is 2.57. The molecular weight excluding hydrogens is 325 g/mol. The van der Waals surface area contributed by atoms with E-state index in [1.807, 2.05) is 13.8 Å². The number of carbonyl (C=O) groups excluding carboxylic acids is 2. The standard InChI is InChI=1S/C17H20FN3O3.CH4/c1-9-7-21-13-5-12(18)4-3-11(13)6-17(14(21)10(2)24-9)8-19-16(23)20-15(17)22;/h3-5,9-10,14H,6-8H2,1-2H3,(H2,19,20,22,23);1H4/t9-,10+,14?,17?;/m1./s1. The van der Waals surface area contributed by atoms with Gasteiger partial charge in [0.25, 0.3) is 0 Å². The minimum atomic E-state index is -0.821. The molecule has 2 unspecified atom stereocenters. The lowest BCUT2D eigenvalue weighted by atomic mass is 9.67. The second kappa shape index (κ2) is 5.98. The van der Waals surface area contributed by atoms with Crippen LogP contribution in [0.25, 0.3) is 0 Å². The van der Waals surface area contributed by atoms with Gasteiger partial charge in [-0.05, 0) is 38.0 Å². The Morgan fingerprint density at radius 3 is 2.80 bits per heavy atom. The van der Waals surface area contributed by atoms with Gasteiger partial charge >= 0.3 is 6.03 Å². The minimum absolute atomic E-state index is 0. The summed E-state index contributed by atoms with van der Waals surface area (Å²) in [5.41, 5.74) is 0.913. The number of imide groups is 1. The van der Waals surface area contributed by atoms with Crippen LogP contribution in [-0.2, 0) is 16.0 Å². The molecule has 3 aliphatic rings. The van der Waals surface area contributed by atoms with Crippen molar-refractivity contribution in [2.45, 2.75) is 45.9 Å². The van der Waals surface area contributed by atoms with Crippen molar-refractivity contribution in [3.05, 3.63) is 29.6 Å². The van der Waals surface area contributed by atoms with Crippen LogP contribution >= 0.6 is 0 Å². The van der Waals surface area contributed by atoms with Gasteiger partial charge in [-0.15, -0.1) is 0 Å². The van der Waals surface area contributed by atoms with Gasteiger partial charge in [-0.1, -0.05) is 13.5 Å². The number of nitrogens with zero attached hydrogens (tertiary/aromatic N) is 1. The molecule has 4 rings (SSSR count). The third-order valence-electron chi connectivity index (χ3n) is 5.35. The SMILES string of the molecule is C.C[C@@H]1CN2c3cc(F)ccc3CC3(CNC(=O)NC3=O)C2[C@H](C)O1. The lowest BCUT2D eigenvalue weighted by molar-refractivity contribution is -0.139. The molecule has 3 amide bonds. The molecule has 2 saturated heterocycles. The van der Waals surface area contributed by atoms with Gasteiger partial charge in [0.15, 0.2) is 0 Å². The van der Waals surface area contributed by atoms with Crippen LogP contribution in [0.15, 0.2) is 18.2 Å². The Morgan fingerprint density at radius 2 is 2.08 bits per heavy atom. The number of fused-ring (bicyclic) bond motifs is 4. The normalized spacial score (nSPS) is 33.7. The molecule has 2 N–H and O–H groups in total. The second-order valence-corrected chi connectivity index (χ2v) is 6.99. The first kappa shape index (κ1) is 17.7. The first-order valence-electron chi connectivity index (χ1n) is 8.20. The number of nitrogens with one attached hydrogen (secondary N) is 2. The van der Waals surface area contributed by atoms with Crippen molar-refractivity contribution >= 4 is 17.6 Å². The van der Waals surface area contributed by atoms with Crippen LogP contribution in [0, 0.1) is 11.2 Å². The van der Waals surface area contributed by atoms with E-state index in [9.17, 15) is 14.0 Å². The highest BCUT2D eigenvalue weighted by atomic mass is 19.1. The van der Waals surface area contributed by atoms with Crippen LogP contribution in [0.4, 0.5) is 14.9 Å². The number of rotatable bonds is 0. The summed E-state index contributed by atoms with van der Waals surface area (Å²) in [6, 6.07) is 3.94. The predicted molar refractivity (Wildman–Crippen MR) is 92.0 cm³/mol. The molecule has 0 aromatic heterocycles. The largest absolute Gasteiger partial charge is 0.372 e. The second-order valence-electron chi connectivity index (χ2n) is 6.99. The third kappa shape index (κ3) is 2.57.